The summed E-state index contributed by atoms with van der Waals surface area (Å²) >= 11 is 0. The van der Waals surface area contributed by atoms with E-state index in [2.05, 4.69) is 9.97 Å². The number of hydrogen-bond acceptors (Lipinski definition) is 4. The van der Waals surface area contributed by atoms with Crippen LogP contribution in [-0.4, -0.2) is 38.9 Å². The lowest BCUT2D eigenvalue weighted by Crippen LogP contribution is -2.30. The van der Waals surface area contributed by atoms with Gasteiger partial charge in [-0.25, -0.2) is 0 Å². The Labute approximate surface area is 126 Å². The van der Waals surface area contributed by atoms with E-state index in [1.165, 1.54) is 50.8 Å². The second-order valence-corrected chi connectivity index (χ2v) is 4.52. The zero-order chi connectivity index (χ0) is 16.3. The molecule has 4 nitrogen and oxygen atoms in total. The Hall–Kier alpha value is -2.25. The molecule has 22 heavy (non-hydrogen) atoms. The maximum Gasteiger partial charge on any atom is 0.673 e. The van der Waals surface area contributed by atoms with Crippen LogP contribution < -0.4 is 9.62 Å². The van der Waals surface area contributed by atoms with E-state index in [-0.39, 0.29) is 22.8 Å². The lowest BCUT2D eigenvalue weighted by Gasteiger charge is -2.22. The van der Waals surface area contributed by atoms with Crippen LogP contribution in [0.1, 0.15) is 0 Å². The van der Waals surface area contributed by atoms with Crippen LogP contribution in [-0.2, 0) is 0 Å². The number of pyridine rings is 2. The minimum Gasteiger partial charge on any atom is -0.358 e. The molecule has 2 aromatic rings. The summed E-state index contributed by atoms with van der Waals surface area (Å²) in [5.41, 5.74) is 0.460. The van der Waals surface area contributed by atoms with Crippen molar-refractivity contribution in [2.75, 3.05) is 23.7 Å². The fraction of sp³-hybridized carbons (Fsp3) is 0.167. The lowest BCUT2D eigenvalue weighted by molar-refractivity contribution is 0.649. The first-order chi connectivity index (χ1) is 10.4. The minimum absolute atomic E-state index is 0.111. The largest absolute Gasteiger partial charge is 0.673 e. The van der Waals surface area contributed by atoms with Crippen LogP contribution in [0.15, 0.2) is 36.7 Å². The number of hydrogen-bond donors (Lipinski definition) is 0. The molecule has 2 aromatic heterocycles. The van der Waals surface area contributed by atoms with Crippen molar-refractivity contribution in [1.29, 1.82) is 0 Å². The van der Waals surface area contributed by atoms with Crippen LogP contribution in [0.3, 0.4) is 0 Å². The molecule has 0 unspecified atom stereocenters. The maximum absolute atomic E-state index is 12.9. The Kier molecular flexibility index (Phi) is 4.89. The van der Waals surface area contributed by atoms with Gasteiger partial charge in [0.05, 0.1) is 11.4 Å². The first-order valence-corrected chi connectivity index (χ1v) is 6.36. The highest BCUT2D eigenvalue weighted by molar-refractivity contribution is 6.49. The van der Waals surface area contributed by atoms with E-state index >= 15 is 0 Å². The van der Waals surface area contributed by atoms with Crippen LogP contribution in [0, 0.1) is 0 Å². The molecule has 10 heteroatoms. The molecule has 0 saturated carbocycles. The first kappa shape index (κ1) is 16.1. The third kappa shape index (κ3) is 3.15. The van der Waals surface area contributed by atoms with Crippen molar-refractivity contribution in [2.24, 2.45) is 0 Å². The monoisotopic (exact) mass is 310 g/mol. The molecule has 114 valence electrons. The third-order valence-corrected chi connectivity index (χ3v) is 3.14. The zero-order valence-corrected chi connectivity index (χ0v) is 11.9. The van der Waals surface area contributed by atoms with Gasteiger partial charge >= 0.3 is 14.8 Å². The molecule has 2 rings (SSSR count). The summed E-state index contributed by atoms with van der Waals surface area (Å²) in [5.74, 6) is 0. The van der Waals surface area contributed by atoms with E-state index in [0.717, 1.165) is 0 Å². The molecule has 0 radical (unpaired) electrons. The molecule has 0 aliphatic carbocycles. The van der Waals surface area contributed by atoms with E-state index in [9.17, 15) is 17.3 Å². The van der Waals surface area contributed by atoms with Gasteiger partial charge in [0.15, 0.2) is 0 Å². The summed E-state index contributed by atoms with van der Waals surface area (Å²) in [6.45, 7) is 0. The van der Waals surface area contributed by atoms with E-state index in [0.29, 0.717) is 9.62 Å². The van der Waals surface area contributed by atoms with E-state index in [4.69, 9.17) is 0 Å². The molecule has 0 fully saturated rings. The standard InChI is InChI=1S/C12H12B2F4N4/c1-21(13(15)16)9-5-3-7-19-11(9)12-10(6-4-8-20-12)22(2)14(17)18/h3-8H,1-2H3. The van der Waals surface area contributed by atoms with Gasteiger partial charge < -0.3 is 9.62 Å². The van der Waals surface area contributed by atoms with Crippen LogP contribution in [0.2, 0.25) is 0 Å². The Morgan fingerprint density at radius 1 is 0.773 bits per heavy atom. The highest BCUT2D eigenvalue weighted by atomic mass is 19.2. The SMILES string of the molecule is CN(B(F)F)c1cccnc1-c1ncccc1N(C)B(F)F. The summed E-state index contributed by atoms with van der Waals surface area (Å²) in [6.07, 6.45) is 2.80. The van der Waals surface area contributed by atoms with Crippen molar-refractivity contribution in [2.45, 2.75) is 0 Å². The maximum atomic E-state index is 12.9. The molecular formula is C12H12B2F4N4. The molecule has 2 heterocycles. The normalized spacial score (nSPS) is 10.3. The summed E-state index contributed by atoms with van der Waals surface area (Å²) in [4.78, 5) is 9.51. The van der Waals surface area contributed by atoms with E-state index < -0.39 is 14.8 Å². The fourth-order valence-corrected chi connectivity index (χ4v) is 1.94. The van der Waals surface area contributed by atoms with E-state index in [1.54, 1.807) is 0 Å². The Balaban J connectivity index is 2.59. The molecule has 0 spiro atoms. The fourth-order valence-electron chi connectivity index (χ4n) is 1.94. The average molecular weight is 310 g/mol. The number of nitrogens with zero attached hydrogens (tertiary/aromatic N) is 4. The van der Waals surface area contributed by atoms with Gasteiger partial charge in [-0.3, -0.25) is 27.2 Å². The summed E-state index contributed by atoms with van der Waals surface area (Å²) in [5, 5.41) is 0. The Morgan fingerprint density at radius 2 is 1.14 bits per heavy atom. The summed E-state index contributed by atoms with van der Waals surface area (Å²) < 4.78 is 51.8. The van der Waals surface area contributed by atoms with Crippen molar-refractivity contribution in [3.63, 3.8) is 0 Å². The van der Waals surface area contributed by atoms with Crippen molar-refractivity contribution < 1.29 is 17.3 Å². The Morgan fingerprint density at radius 3 is 1.45 bits per heavy atom. The van der Waals surface area contributed by atoms with Gasteiger partial charge in [0.25, 0.3) is 0 Å². The molecule has 0 amide bonds. The van der Waals surface area contributed by atoms with Gasteiger partial charge in [-0.15, -0.1) is 0 Å². The molecule has 0 N–H and O–H groups in total. The smallest absolute Gasteiger partial charge is 0.358 e. The van der Waals surface area contributed by atoms with Crippen molar-refractivity contribution in [3.05, 3.63) is 36.7 Å². The van der Waals surface area contributed by atoms with Gasteiger partial charge in [0.2, 0.25) is 0 Å². The molecule has 0 aromatic carbocycles. The van der Waals surface area contributed by atoms with Crippen LogP contribution >= 0.6 is 0 Å². The molecule has 0 atom stereocenters. The highest BCUT2D eigenvalue weighted by Gasteiger charge is 2.28. The average Bonchev–Trinajstić information content (AvgIpc) is 2.53. The summed E-state index contributed by atoms with van der Waals surface area (Å²) in [7, 11) is -3.10. The predicted molar refractivity (Wildman–Crippen MR) is 80.2 cm³/mol. The first-order valence-electron chi connectivity index (χ1n) is 6.36. The number of rotatable bonds is 5. The molecule has 0 aliphatic rings. The van der Waals surface area contributed by atoms with Crippen LogP contribution in [0.4, 0.5) is 28.6 Å². The van der Waals surface area contributed by atoms with Gasteiger partial charge in [0.1, 0.15) is 11.4 Å². The predicted octanol–water partition coefficient (Wildman–Crippen LogP) is 2.86. The highest BCUT2D eigenvalue weighted by Crippen LogP contribution is 2.34. The number of anilines is 2. The van der Waals surface area contributed by atoms with Gasteiger partial charge in [-0.1, -0.05) is 0 Å². The molecule has 0 saturated heterocycles. The molecule has 0 bridgehead atoms. The van der Waals surface area contributed by atoms with Gasteiger partial charge in [-0.05, 0) is 38.4 Å². The van der Waals surface area contributed by atoms with Crippen molar-refractivity contribution >= 4 is 26.2 Å². The summed E-state index contributed by atoms with van der Waals surface area (Å²) in [6, 6.07) is 5.87. The van der Waals surface area contributed by atoms with Crippen LogP contribution in [0.5, 0.6) is 0 Å². The number of halogens is 4. The minimum atomic E-state index is -2.75. The van der Waals surface area contributed by atoms with E-state index in [1.807, 2.05) is 0 Å². The topological polar surface area (TPSA) is 32.3 Å². The third-order valence-electron chi connectivity index (χ3n) is 3.14. The second-order valence-electron chi connectivity index (χ2n) is 4.52. The van der Waals surface area contributed by atoms with Crippen LogP contribution in [0.25, 0.3) is 11.4 Å². The quantitative estimate of drug-likeness (QED) is 0.628. The number of aromatic nitrogens is 2. The van der Waals surface area contributed by atoms with Gasteiger partial charge in [-0.2, -0.15) is 0 Å². The molecular weight excluding hydrogens is 298 g/mol. The van der Waals surface area contributed by atoms with Crippen molar-refractivity contribution in [3.8, 4) is 11.4 Å². The van der Waals surface area contributed by atoms with Gasteiger partial charge in [0, 0.05) is 12.4 Å². The lowest BCUT2D eigenvalue weighted by atomic mass is 10.0. The zero-order valence-electron chi connectivity index (χ0n) is 11.9. The van der Waals surface area contributed by atoms with Crippen molar-refractivity contribution in [1.82, 2.24) is 9.97 Å². The second kappa shape index (κ2) is 6.67. The molecule has 0 aliphatic heterocycles. The Bertz CT molecular complexity index is 589.